The summed E-state index contributed by atoms with van der Waals surface area (Å²) in [6, 6.07) is 6.94. The van der Waals surface area contributed by atoms with E-state index in [-0.39, 0.29) is 5.56 Å². The molecule has 0 spiro atoms. The summed E-state index contributed by atoms with van der Waals surface area (Å²) in [5, 5.41) is 1.93. The van der Waals surface area contributed by atoms with E-state index < -0.39 is 0 Å². The Kier molecular flexibility index (Phi) is 1.43. The number of rotatable bonds is 0. The van der Waals surface area contributed by atoms with Gasteiger partial charge in [0, 0.05) is 6.07 Å². The van der Waals surface area contributed by atoms with Crippen molar-refractivity contribution in [2.45, 2.75) is 0 Å². The van der Waals surface area contributed by atoms with E-state index in [0.717, 1.165) is 10.2 Å². The van der Waals surface area contributed by atoms with Crippen LogP contribution in [0.25, 0.3) is 10.2 Å². The third-order valence-electron chi connectivity index (χ3n) is 1.39. The largest absolute Gasteiger partial charge is 0.270 e. The smallest absolute Gasteiger partial charge is 0.267 e. The predicted octanol–water partition coefficient (Wildman–Crippen LogP) is 1.66. The molecular formula is C8H5NOS. The summed E-state index contributed by atoms with van der Waals surface area (Å²) in [6.07, 6.45) is 0. The van der Waals surface area contributed by atoms with Gasteiger partial charge in [-0.25, -0.2) is 4.98 Å². The molecule has 0 aliphatic heterocycles. The number of nitrogens with zero attached hydrogens (tertiary/aromatic N) is 1. The lowest BCUT2D eigenvalue weighted by atomic mass is 10.5. The fourth-order valence-electron chi connectivity index (χ4n) is 0.905. The van der Waals surface area contributed by atoms with Crippen LogP contribution in [-0.2, 0) is 0 Å². The lowest BCUT2D eigenvalue weighted by Gasteiger charge is -1.72. The normalized spacial score (nSPS) is 10.2. The van der Waals surface area contributed by atoms with Crippen LogP contribution in [0.3, 0.4) is 0 Å². The highest BCUT2D eigenvalue weighted by Gasteiger charge is 1.91. The van der Waals surface area contributed by atoms with Crippen molar-refractivity contribution in [3.05, 3.63) is 40.0 Å². The van der Waals surface area contributed by atoms with Crippen molar-refractivity contribution in [2.24, 2.45) is 0 Å². The Bertz CT molecular complexity index is 435. The average molecular weight is 163 g/mol. The molecule has 2 heterocycles. The van der Waals surface area contributed by atoms with Gasteiger partial charge in [-0.05, 0) is 17.5 Å². The average Bonchev–Trinajstić information content (AvgIpc) is 2.31. The van der Waals surface area contributed by atoms with Gasteiger partial charge in [-0.15, -0.1) is 11.3 Å². The molecule has 0 aliphatic rings. The van der Waals surface area contributed by atoms with Crippen LogP contribution in [0.2, 0.25) is 0 Å². The van der Waals surface area contributed by atoms with Gasteiger partial charge < -0.3 is 0 Å². The van der Waals surface area contributed by atoms with Crippen LogP contribution in [-0.4, -0.2) is 4.98 Å². The first-order valence-corrected chi connectivity index (χ1v) is 4.09. The molecule has 0 amide bonds. The highest BCUT2D eigenvalue weighted by molar-refractivity contribution is 7.17. The van der Waals surface area contributed by atoms with Gasteiger partial charge in [-0.2, -0.15) is 0 Å². The zero-order valence-electron chi connectivity index (χ0n) is 5.65. The highest BCUT2D eigenvalue weighted by Crippen LogP contribution is 2.14. The molecule has 0 atom stereocenters. The summed E-state index contributed by atoms with van der Waals surface area (Å²) in [6.45, 7) is 0. The van der Waals surface area contributed by atoms with E-state index >= 15 is 0 Å². The molecule has 0 saturated heterocycles. The molecule has 2 aromatic heterocycles. The first-order valence-electron chi connectivity index (χ1n) is 3.21. The summed E-state index contributed by atoms with van der Waals surface area (Å²) >= 11 is 1.59. The Morgan fingerprint density at radius 1 is 1.27 bits per heavy atom. The van der Waals surface area contributed by atoms with Crippen LogP contribution in [0.1, 0.15) is 0 Å². The summed E-state index contributed by atoms with van der Waals surface area (Å²) in [5.74, 6) is 0. The number of thiophene rings is 1. The van der Waals surface area contributed by atoms with Crippen LogP contribution in [0.4, 0.5) is 0 Å². The molecule has 11 heavy (non-hydrogen) atoms. The van der Waals surface area contributed by atoms with Gasteiger partial charge in [0.25, 0.3) is 5.56 Å². The first-order chi connectivity index (χ1) is 5.36. The van der Waals surface area contributed by atoms with Gasteiger partial charge in [0.15, 0.2) is 0 Å². The van der Waals surface area contributed by atoms with Crippen molar-refractivity contribution >= 4 is 21.6 Å². The van der Waals surface area contributed by atoms with Gasteiger partial charge >= 0.3 is 0 Å². The molecule has 0 unspecified atom stereocenters. The summed E-state index contributed by atoms with van der Waals surface area (Å²) < 4.78 is 1.05. The molecule has 54 valence electrons. The molecule has 0 fully saturated rings. The van der Waals surface area contributed by atoms with Crippen molar-refractivity contribution in [3.8, 4) is 0 Å². The topological polar surface area (TPSA) is 30.0 Å². The molecule has 2 rings (SSSR count). The quantitative estimate of drug-likeness (QED) is 0.591. The van der Waals surface area contributed by atoms with E-state index in [4.69, 9.17) is 0 Å². The lowest BCUT2D eigenvalue weighted by Crippen LogP contribution is -1.97. The van der Waals surface area contributed by atoms with Crippen molar-refractivity contribution in [2.75, 3.05) is 0 Å². The van der Waals surface area contributed by atoms with Gasteiger partial charge in [0.1, 0.15) is 0 Å². The molecule has 0 radical (unpaired) electrons. The van der Waals surface area contributed by atoms with Crippen molar-refractivity contribution in [3.63, 3.8) is 0 Å². The molecular weight excluding hydrogens is 158 g/mol. The third kappa shape index (κ3) is 1.14. The number of hydrogen-bond donors (Lipinski definition) is 0. The van der Waals surface area contributed by atoms with E-state index in [0.29, 0.717) is 0 Å². The number of fused-ring (bicyclic) bond motifs is 1. The Balaban J connectivity index is 3.00. The Labute approximate surface area is 67.1 Å². The van der Waals surface area contributed by atoms with Crippen LogP contribution < -0.4 is 5.56 Å². The second-order valence-electron chi connectivity index (χ2n) is 2.15. The maximum atomic E-state index is 10.9. The molecule has 0 bridgehead atoms. The van der Waals surface area contributed by atoms with Gasteiger partial charge in [-0.1, -0.05) is 6.07 Å². The molecule has 3 heteroatoms. The fourth-order valence-corrected chi connectivity index (χ4v) is 1.64. The van der Waals surface area contributed by atoms with E-state index in [1.54, 1.807) is 17.4 Å². The van der Waals surface area contributed by atoms with Crippen LogP contribution in [0, 0.1) is 0 Å². The number of aromatic nitrogens is 1. The molecule has 0 aliphatic carbocycles. The van der Waals surface area contributed by atoms with E-state index in [2.05, 4.69) is 4.98 Å². The maximum absolute atomic E-state index is 10.9. The first kappa shape index (κ1) is 6.49. The Hall–Kier alpha value is -1.22. The second kappa shape index (κ2) is 2.43. The van der Waals surface area contributed by atoms with Crippen molar-refractivity contribution in [1.82, 2.24) is 4.98 Å². The van der Waals surface area contributed by atoms with Crippen LogP contribution in [0.15, 0.2) is 34.4 Å². The maximum Gasteiger partial charge on any atom is 0.270 e. The third-order valence-corrected chi connectivity index (χ3v) is 2.26. The van der Waals surface area contributed by atoms with E-state index in [1.165, 1.54) is 6.07 Å². The van der Waals surface area contributed by atoms with Crippen LogP contribution >= 0.6 is 11.3 Å². The minimum atomic E-state index is -0.182. The zero-order valence-corrected chi connectivity index (χ0v) is 6.47. The molecule has 2 aromatic rings. The zero-order chi connectivity index (χ0) is 7.68. The van der Waals surface area contributed by atoms with Crippen LogP contribution in [0.5, 0.6) is 0 Å². The summed E-state index contributed by atoms with van der Waals surface area (Å²) in [5.41, 5.74) is 0.600. The van der Waals surface area contributed by atoms with E-state index in [1.807, 2.05) is 17.5 Å². The molecule has 0 N–H and O–H groups in total. The van der Waals surface area contributed by atoms with Crippen molar-refractivity contribution < 1.29 is 0 Å². The standard InChI is InChI=1S/C8H5NOS/c10-8-3-1-2-7-6(9-8)4-5-11-7/h1-5H. The monoisotopic (exact) mass is 163 g/mol. The molecule has 2 nitrogen and oxygen atoms in total. The molecule has 0 saturated carbocycles. The van der Waals surface area contributed by atoms with Gasteiger partial charge in [0.05, 0.1) is 10.2 Å². The summed E-state index contributed by atoms with van der Waals surface area (Å²) in [7, 11) is 0. The minimum Gasteiger partial charge on any atom is -0.267 e. The Morgan fingerprint density at radius 2 is 2.18 bits per heavy atom. The number of hydrogen-bond acceptors (Lipinski definition) is 3. The van der Waals surface area contributed by atoms with E-state index in [9.17, 15) is 4.79 Å². The van der Waals surface area contributed by atoms with Gasteiger partial charge in [-0.3, -0.25) is 4.79 Å². The highest BCUT2D eigenvalue weighted by atomic mass is 32.1. The van der Waals surface area contributed by atoms with Gasteiger partial charge in [0.2, 0.25) is 0 Å². The fraction of sp³-hybridized carbons (Fsp3) is 0. The minimum absolute atomic E-state index is 0.182. The molecule has 0 aromatic carbocycles. The lowest BCUT2D eigenvalue weighted by molar-refractivity contribution is 1.33. The SMILES string of the molecule is O=c1cccc2sccc2n1. The second-order valence-corrected chi connectivity index (χ2v) is 3.09. The summed E-state index contributed by atoms with van der Waals surface area (Å²) in [4.78, 5) is 14.7. The van der Waals surface area contributed by atoms with Crippen molar-refractivity contribution in [1.29, 1.82) is 0 Å². The predicted molar refractivity (Wildman–Crippen MR) is 45.9 cm³/mol. The Morgan fingerprint density at radius 3 is 3.09 bits per heavy atom.